The maximum Gasteiger partial charge on any atom is 0.296 e. The Balaban J connectivity index is 3.07. The van der Waals surface area contributed by atoms with Crippen LogP contribution in [-0.2, 0) is 0 Å². The third kappa shape index (κ3) is 1.93. The van der Waals surface area contributed by atoms with Gasteiger partial charge in [-0.05, 0) is 17.5 Å². The van der Waals surface area contributed by atoms with Gasteiger partial charge in [-0.2, -0.15) is 0 Å². The number of para-hydroxylation sites is 1. The molecule has 2 aromatic rings. The molecule has 0 unspecified atom stereocenters. The first-order valence-electron chi connectivity index (χ1n) is 5.40. The summed E-state index contributed by atoms with van der Waals surface area (Å²) in [6.45, 7) is 3.96. The Labute approximate surface area is 97.6 Å². The summed E-state index contributed by atoms with van der Waals surface area (Å²) < 4.78 is 0. The van der Waals surface area contributed by atoms with Gasteiger partial charge in [0.05, 0.1) is 5.52 Å². The molecule has 1 aromatic heterocycles. The van der Waals surface area contributed by atoms with E-state index >= 15 is 0 Å². The molecule has 0 bridgehead atoms. The van der Waals surface area contributed by atoms with Gasteiger partial charge < -0.3 is 10.1 Å². The first-order chi connectivity index (χ1) is 8.00. The van der Waals surface area contributed by atoms with Gasteiger partial charge in [0, 0.05) is 11.5 Å². The maximum atomic E-state index is 11.5. The van der Waals surface area contributed by atoms with E-state index in [0.717, 1.165) is 11.6 Å². The molecular formula is C13H13NO3. The number of aromatic nitrogens is 1. The Morgan fingerprint density at radius 2 is 1.94 bits per heavy atom. The second-order valence-corrected chi connectivity index (χ2v) is 4.27. The summed E-state index contributed by atoms with van der Waals surface area (Å²) in [5.41, 5.74) is -0.0468. The molecule has 4 heteroatoms. The molecule has 0 saturated heterocycles. The first kappa shape index (κ1) is 11.4. The molecule has 4 nitrogen and oxygen atoms in total. The van der Waals surface area contributed by atoms with E-state index in [4.69, 9.17) is 0 Å². The minimum atomic E-state index is -0.742. The number of nitrogens with one attached hydrogen (secondary N) is 1. The van der Waals surface area contributed by atoms with E-state index in [1.807, 2.05) is 19.9 Å². The van der Waals surface area contributed by atoms with E-state index in [9.17, 15) is 14.7 Å². The summed E-state index contributed by atoms with van der Waals surface area (Å²) >= 11 is 0. The van der Waals surface area contributed by atoms with Crippen LogP contribution in [0.3, 0.4) is 0 Å². The highest BCUT2D eigenvalue weighted by molar-refractivity contribution is 5.86. The molecule has 0 radical (unpaired) electrons. The highest BCUT2D eigenvalue weighted by atomic mass is 16.3. The van der Waals surface area contributed by atoms with Gasteiger partial charge in [0.25, 0.3) is 5.56 Å². The zero-order valence-corrected chi connectivity index (χ0v) is 9.65. The van der Waals surface area contributed by atoms with Crippen molar-refractivity contribution in [2.75, 3.05) is 0 Å². The Morgan fingerprint density at radius 3 is 2.59 bits per heavy atom. The molecule has 2 rings (SSSR count). The van der Waals surface area contributed by atoms with Gasteiger partial charge in [-0.15, -0.1) is 0 Å². The Morgan fingerprint density at radius 1 is 1.24 bits per heavy atom. The average molecular weight is 231 g/mol. The van der Waals surface area contributed by atoms with Crippen molar-refractivity contribution in [2.45, 2.75) is 19.8 Å². The van der Waals surface area contributed by atoms with Crippen LogP contribution in [0, 0.1) is 0 Å². The standard InChI is InChI=1S/C13H13NO3/c1-7(2)8-4-3-5-9-10(15)6-11(16)13(17)14-12(8)9/h3-7,15H,1-2H3,(H,14,16,17). The second kappa shape index (κ2) is 4.05. The van der Waals surface area contributed by atoms with E-state index in [1.165, 1.54) is 0 Å². The topological polar surface area (TPSA) is 70.2 Å². The molecule has 2 N–H and O–H groups in total. The van der Waals surface area contributed by atoms with Crippen LogP contribution in [0.1, 0.15) is 25.3 Å². The van der Waals surface area contributed by atoms with E-state index in [1.54, 1.807) is 12.1 Å². The number of hydrogen-bond donors (Lipinski definition) is 2. The van der Waals surface area contributed by atoms with Gasteiger partial charge in [0.2, 0.25) is 5.43 Å². The SMILES string of the molecule is CC(C)c1cccc2c(O)cc(=O)c(=O)[nH]c12. The third-order valence-corrected chi connectivity index (χ3v) is 2.72. The molecule has 0 aliphatic rings. The fourth-order valence-corrected chi connectivity index (χ4v) is 1.85. The van der Waals surface area contributed by atoms with E-state index < -0.39 is 11.0 Å². The molecule has 0 saturated carbocycles. The van der Waals surface area contributed by atoms with Crippen molar-refractivity contribution in [3.8, 4) is 5.75 Å². The molecule has 0 fully saturated rings. The van der Waals surface area contributed by atoms with Crippen LogP contribution < -0.4 is 11.0 Å². The number of H-pyrrole nitrogens is 1. The van der Waals surface area contributed by atoms with Crippen LogP contribution in [0.4, 0.5) is 0 Å². The highest BCUT2D eigenvalue weighted by Gasteiger charge is 2.08. The predicted molar refractivity (Wildman–Crippen MR) is 66.6 cm³/mol. The third-order valence-electron chi connectivity index (χ3n) is 2.72. The Bertz CT molecular complexity index is 686. The monoisotopic (exact) mass is 231 g/mol. The van der Waals surface area contributed by atoms with Gasteiger partial charge >= 0.3 is 0 Å². The molecule has 88 valence electrons. The maximum absolute atomic E-state index is 11.5. The first-order valence-corrected chi connectivity index (χ1v) is 5.40. The lowest BCUT2D eigenvalue weighted by molar-refractivity contribution is 0.481. The van der Waals surface area contributed by atoms with Gasteiger partial charge in [-0.1, -0.05) is 26.0 Å². The number of rotatable bonds is 1. The quantitative estimate of drug-likeness (QED) is 0.734. The lowest BCUT2D eigenvalue weighted by Gasteiger charge is -2.07. The van der Waals surface area contributed by atoms with Crippen molar-refractivity contribution in [3.63, 3.8) is 0 Å². The lowest BCUT2D eigenvalue weighted by Crippen LogP contribution is -2.22. The minimum Gasteiger partial charge on any atom is -0.507 e. The fraction of sp³-hybridized carbons (Fsp3) is 0.231. The van der Waals surface area contributed by atoms with Gasteiger partial charge in [0.1, 0.15) is 5.75 Å². The summed E-state index contributed by atoms with van der Waals surface area (Å²) in [6.07, 6.45) is 0. The van der Waals surface area contributed by atoms with E-state index in [-0.39, 0.29) is 11.7 Å². The highest BCUT2D eigenvalue weighted by Crippen LogP contribution is 2.26. The van der Waals surface area contributed by atoms with Crippen LogP contribution in [0.15, 0.2) is 33.9 Å². The second-order valence-electron chi connectivity index (χ2n) is 4.27. The summed E-state index contributed by atoms with van der Waals surface area (Å²) in [6, 6.07) is 6.28. The van der Waals surface area contributed by atoms with Gasteiger partial charge in [-0.3, -0.25) is 9.59 Å². The van der Waals surface area contributed by atoms with Gasteiger partial charge in [0.15, 0.2) is 0 Å². The number of hydrogen-bond acceptors (Lipinski definition) is 3. The van der Waals surface area contributed by atoms with E-state index in [2.05, 4.69) is 4.98 Å². The van der Waals surface area contributed by atoms with Crippen molar-refractivity contribution < 1.29 is 5.11 Å². The molecule has 0 atom stereocenters. The molecule has 1 aromatic carbocycles. The van der Waals surface area contributed by atoms with Crippen molar-refractivity contribution in [2.24, 2.45) is 0 Å². The average Bonchev–Trinajstić information content (AvgIpc) is 2.37. The summed E-state index contributed by atoms with van der Waals surface area (Å²) in [5.74, 6) is 0.0112. The molecular weight excluding hydrogens is 218 g/mol. The summed E-state index contributed by atoms with van der Waals surface area (Å²) in [5, 5.41) is 10.3. The fourth-order valence-electron chi connectivity index (χ4n) is 1.85. The molecule has 1 heterocycles. The summed E-state index contributed by atoms with van der Waals surface area (Å²) in [7, 11) is 0. The van der Waals surface area contributed by atoms with Crippen LogP contribution >= 0.6 is 0 Å². The number of aromatic amines is 1. The van der Waals surface area contributed by atoms with Gasteiger partial charge in [-0.25, -0.2) is 0 Å². The normalized spacial score (nSPS) is 11.0. The Kier molecular flexibility index (Phi) is 2.71. The van der Waals surface area contributed by atoms with Crippen LogP contribution in [0.25, 0.3) is 10.9 Å². The molecule has 0 aliphatic carbocycles. The number of fused-ring (bicyclic) bond motifs is 1. The number of aromatic hydroxyl groups is 1. The smallest absolute Gasteiger partial charge is 0.296 e. The van der Waals surface area contributed by atoms with Crippen LogP contribution in [-0.4, -0.2) is 10.1 Å². The van der Waals surface area contributed by atoms with E-state index in [0.29, 0.717) is 10.9 Å². The summed E-state index contributed by atoms with van der Waals surface area (Å²) in [4.78, 5) is 25.4. The van der Waals surface area contributed by atoms with Crippen molar-refractivity contribution in [1.82, 2.24) is 4.98 Å². The number of benzene rings is 1. The largest absolute Gasteiger partial charge is 0.507 e. The zero-order chi connectivity index (χ0) is 12.6. The minimum absolute atomic E-state index is 0.175. The van der Waals surface area contributed by atoms with Crippen LogP contribution in [0.5, 0.6) is 5.75 Å². The molecule has 0 aliphatic heterocycles. The predicted octanol–water partition coefficient (Wildman–Crippen LogP) is 1.72. The zero-order valence-electron chi connectivity index (χ0n) is 9.65. The lowest BCUT2D eigenvalue weighted by atomic mass is 10.0. The molecule has 0 spiro atoms. The van der Waals surface area contributed by atoms with Crippen molar-refractivity contribution in [1.29, 1.82) is 0 Å². The molecule has 17 heavy (non-hydrogen) atoms. The van der Waals surface area contributed by atoms with Crippen molar-refractivity contribution in [3.05, 3.63) is 50.4 Å². The van der Waals surface area contributed by atoms with Crippen molar-refractivity contribution >= 4 is 10.9 Å². The van der Waals surface area contributed by atoms with Crippen LogP contribution in [0.2, 0.25) is 0 Å². The Hall–Kier alpha value is -2.10. The molecule has 0 amide bonds.